The minimum absolute atomic E-state index is 0.0368. The molecular weight excluding hydrogens is 544 g/mol. The van der Waals surface area contributed by atoms with Gasteiger partial charge in [-0.05, 0) is 61.2 Å². The fourth-order valence-electron chi connectivity index (χ4n) is 6.00. The molecule has 0 amide bonds. The zero-order valence-corrected chi connectivity index (χ0v) is 24.3. The summed E-state index contributed by atoms with van der Waals surface area (Å²) in [7, 11) is 0. The number of nitrogens with zero attached hydrogens (tertiary/aromatic N) is 6. The Balaban J connectivity index is 1.24. The molecule has 10 heteroatoms. The van der Waals surface area contributed by atoms with E-state index in [1.54, 1.807) is 18.6 Å². The molecule has 5 heterocycles. The molecule has 2 N–H and O–H groups in total. The lowest BCUT2D eigenvalue weighted by Gasteiger charge is -2.22. The maximum absolute atomic E-state index is 14.2. The molecule has 7 rings (SSSR count). The molecule has 1 aromatic carbocycles. The molecule has 5 aromatic rings. The second-order valence-electron chi connectivity index (χ2n) is 11.0. The smallest absolute Gasteiger partial charge is 0.260 e. The number of thioether (sulfide) groups is 1. The molecule has 0 bridgehead atoms. The van der Waals surface area contributed by atoms with E-state index in [0.29, 0.717) is 22.4 Å². The first kappa shape index (κ1) is 26.7. The summed E-state index contributed by atoms with van der Waals surface area (Å²) in [6.07, 6.45) is 11.1. The van der Waals surface area contributed by atoms with Crippen molar-refractivity contribution in [3.8, 4) is 22.4 Å². The monoisotopic (exact) mass is 576 g/mol. The van der Waals surface area contributed by atoms with E-state index in [4.69, 9.17) is 4.98 Å². The van der Waals surface area contributed by atoms with Crippen LogP contribution in [0.15, 0.2) is 72.0 Å². The van der Waals surface area contributed by atoms with Crippen molar-refractivity contribution in [1.29, 1.82) is 0 Å². The Kier molecular flexibility index (Phi) is 7.39. The Morgan fingerprint density at radius 2 is 1.83 bits per heavy atom. The molecule has 1 atom stereocenters. The van der Waals surface area contributed by atoms with Gasteiger partial charge in [-0.25, -0.2) is 4.98 Å². The van der Waals surface area contributed by atoms with Crippen LogP contribution in [0.5, 0.6) is 0 Å². The van der Waals surface area contributed by atoms with Crippen LogP contribution in [0.1, 0.15) is 48.1 Å². The number of fused-ring (bicyclic) bond motifs is 1. The van der Waals surface area contributed by atoms with E-state index in [0.717, 1.165) is 78.0 Å². The summed E-state index contributed by atoms with van der Waals surface area (Å²) >= 11 is 1.99. The number of benzene rings is 1. The van der Waals surface area contributed by atoms with E-state index in [-0.39, 0.29) is 11.6 Å². The van der Waals surface area contributed by atoms with Crippen LogP contribution in [0.2, 0.25) is 0 Å². The van der Waals surface area contributed by atoms with Gasteiger partial charge >= 0.3 is 0 Å². The highest BCUT2D eigenvalue weighted by molar-refractivity contribution is 7.99. The van der Waals surface area contributed by atoms with Gasteiger partial charge in [0.15, 0.2) is 0 Å². The van der Waals surface area contributed by atoms with Crippen molar-refractivity contribution in [3.63, 3.8) is 0 Å². The first-order valence-corrected chi connectivity index (χ1v) is 15.5. The predicted octanol–water partition coefficient (Wildman–Crippen LogP) is 5.86. The summed E-state index contributed by atoms with van der Waals surface area (Å²) in [4.78, 5) is 28.4. The predicted molar refractivity (Wildman–Crippen MR) is 168 cm³/mol. The molecule has 1 saturated heterocycles. The van der Waals surface area contributed by atoms with Crippen LogP contribution in [0, 0.1) is 6.92 Å². The van der Waals surface area contributed by atoms with E-state index in [1.165, 1.54) is 5.56 Å². The van der Waals surface area contributed by atoms with Crippen molar-refractivity contribution in [2.75, 3.05) is 24.2 Å². The average Bonchev–Trinajstić information content (AvgIpc) is 3.57. The van der Waals surface area contributed by atoms with Gasteiger partial charge in [-0.15, -0.1) is 0 Å². The first-order chi connectivity index (χ1) is 20.6. The molecule has 4 aromatic heterocycles. The number of aromatic nitrogens is 6. The van der Waals surface area contributed by atoms with Crippen LogP contribution < -0.4 is 16.2 Å². The van der Waals surface area contributed by atoms with Gasteiger partial charge in [0, 0.05) is 70.3 Å². The molecule has 1 aliphatic carbocycles. The number of nitrogens with one attached hydrogen (secondary N) is 2. The van der Waals surface area contributed by atoms with E-state index in [9.17, 15) is 4.79 Å². The number of pyridine rings is 2. The maximum Gasteiger partial charge on any atom is 0.260 e. The minimum Gasteiger partial charge on any atom is -0.324 e. The Bertz CT molecular complexity index is 1780. The Morgan fingerprint density at radius 3 is 2.57 bits per heavy atom. The van der Waals surface area contributed by atoms with Gasteiger partial charge in [-0.1, -0.05) is 25.0 Å². The molecule has 9 nitrogen and oxygen atoms in total. The third-order valence-corrected chi connectivity index (χ3v) is 9.49. The van der Waals surface area contributed by atoms with Crippen molar-refractivity contribution >= 4 is 34.4 Å². The molecule has 1 unspecified atom stereocenters. The first-order valence-electron chi connectivity index (χ1n) is 14.5. The number of rotatable bonds is 6. The number of aryl methyl sites for hydroxylation is 1. The topological polar surface area (TPSA) is 111 Å². The van der Waals surface area contributed by atoms with E-state index >= 15 is 0 Å². The summed E-state index contributed by atoms with van der Waals surface area (Å²) in [6.45, 7) is 4.07. The summed E-state index contributed by atoms with van der Waals surface area (Å²) < 4.78 is 1.90. The van der Waals surface area contributed by atoms with Crippen molar-refractivity contribution < 1.29 is 0 Å². The number of hydrogen-bond acceptors (Lipinski definition) is 9. The highest BCUT2D eigenvalue weighted by atomic mass is 32.2. The molecule has 0 radical (unpaired) electrons. The molecule has 2 aliphatic rings. The summed E-state index contributed by atoms with van der Waals surface area (Å²) in [5, 5.41) is 16.0. The Morgan fingerprint density at radius 1 is 0.976 bits per heavy atom. The van der Waals surface area contributed by atoms with Gasteiger partial charge in [-0.2, -0.15) is 26.9 Å². The zero-order valence-electron chi connectivity index (χ0n) is 23.5. The van der Waals surface area contributed by atoms with Gasteiger partial charge in [0.1, 0.15) is 5.65 Å². The zero-order chi connectivity index (χ0) is 28.5. The molecule has 1 saturated carbocycles. The highest BCUT2D eigenvalue weighted by Crippen LogP contribution is 2.34. The van der Waals surface area contributed by atoms with Crippen molar-refractivity contribution in [3.05, 3.63) is 88.7 Å². The maximum atomic E-state index is 14.2. The molecule has 1 aliphatic heterocycles. The lowest BCUT2D eigenvalue weighted by atomic mass is 10.0. The standard InChI is InChI=1S/C32H32N8OS/c1-20-14-28(22-10-11-36-37-17-22)34-18-27(20)26-15-23-16-35-32(39-30(23)40(31(26)41)25-4-2-3-5-25)38-24-8-6-21(7-9-24)29-19-33-12-13-42-29/h6-11,14-18,25,29,33H,2-5,12-13,19H2,1H3,(H,35,38,39). The van der Waals surface area contributed by atoms with E-state index < -0.39 is 0 Å². The van der Waals surface area contributed by atoms with Crippen molar-refractivity contribution in [2.24, 2.45) is 0 Å². The molecule has 2 fully saturated rings. The summed E-state index contributed by atoms with van der Waals surface area (Å²) in [5.74, 6) is 1.61. The SMILES string of the molecule is Cc1cc(-c2ccnnc2)ncc1-c1cc2cnc(Nc3ccc(C4CNCCS4)cc3)nc2n(C2CCCC2)c1=O. The molecule has 42 heavy (non-hydrogen) atoms. The number of hydrogen-bond donors (Lipinski definition) is 2. The third-order valence-electron chi connectivity index (χ3n) is 8.21. The molecule has 212 valence electrons. The molecular formula is C32H32N8OS. The van der Waals surface area contributed by atoms with Gasteiger partial charge in [0.05, 0.1) is 18.1 Å². The van der Waals surface area contributed by atoms with Gasteiger partial charge in [0.25, 0.3) is 5.56 Å². The third kappa shape index (κ3) is 5.28. The lowest BCUT2D eigenvalue weighted by molar-refractivity contribution is 0.516. The second kappa shape index (κ2) is 11.6. The number of anilines is 2. The second-order valence-corrected chi connectivity index (χ2v) is 12.3. The normalized spacial score (nSPS) is 17.5. The lowest BCUT2D eigenvalue weighted by Crippen LogP contribution is -2.28. The van der Waals surface area contributed by atoms with Crippen LogP contribution in [-0.4, -0.2) is 48.6 Å². The van der Waals surface area contributed by atoms with Crippen LogP contribution in [0.3, 0.4) is 0 Å². The van der Waals surface area contributed by atoms with E-state index in [1.807, 2.05) is 47.6 Å². The minimum atomic E-state index is -0.0368. The summed E-state index contributed by atoms with van der Waals surface area (Å²) in [6, 6.07) is 14.4. The fourth-order valence-corrected chi connectivity index (χ4v) is 7.13. The Hall–Kier alpha value is -4.15. The van der Waals surface area contributed by atoms with Crippen LogP contribution in [0.4, 0.5) is 11.6 Å². The van der Waals surface area contributed by atoms with Gasteiger partial charge in [-0.3, -0.25) is 14.3 Å². The van der Waals surface area contributed by atoms with Crippen LogP contribution >= 0.6 is 11.8 Å². The van der Waals surface area contributed by atoms with E-state index in [2.05, 4.69) is 55.1 Å². The molecule has 0 spiro atoms. The average molecular weight is 577 g/mol. The van der Waals surface area contributed by atoms with Crippen LogP contribution in [0.25, 0.3) is 33.4 Å². The Labute approximate surface area is 248 Å². The van der Waals surface area contributed by atoms with Crippen molar-refractivity contribution in [1.82, 2.24) is 35.0 Å². The highest BCUT2D eigenvalue weighted by Gasteiger charge is 2.24. The summed E-state index contributed by atoms with van der Waals surface area (Å²) in [5.41, 5.74) is 6.95. The fraction of sp³-hybridized carbons (Fsp3) is 0.312. The van der Waals surface area contributed by atoms with Gasteiger partial charge < -0.3 is 10.6 Å². The quantitative estimate of drug-likeness (QED) is 0.257. The van der Waals surface area contributed by atoms with Gasteiger partial charge in [0.2, 0.25) is 5.95 Å². The largest absolute Gasteiger partial charge is 0.324 e. The van der Waals surface area contributed by atoms with Crippen molar-refractivity contribution in [2.45, 2.75) is 43.9 Å². The van der Waals surface area contributed by atoms with Crippen LogP contribution in [-0.2, 0) is 0 Å².